The van der Waals surface area contributed by atoms with Gasteiger partial charge in [-0.05, 0) is 25.1 Å². The summed E-state index contributed by atoms with van der Waals surface area (Å²) in [6.45, 7) is 4.30. The molecule has 0 aliphatic rings. The van der Waals surface area contributed by atoms with Crippen LogP contribution in [0.3, 0.4) is 0 Å². The molecule has 1 heterocycles. The van der Waals surface area contributed by atoms with E-state index in [1.165, 1.54) is 0 Å². The fourth-order valence-corrected chi connectivity index (χ4v) is 2.28. The van der Waals surface area contributed by atoms with Crippen molar-refractivity contribution in [3.63, 3.8) is 0 Å². The molecule has 0 amide bonds. The topological polar surface area (TPSA) is 42.7 Å². The maximum absolute atomic E-state index is 6.16. The smallest absolute Gasteiger partial charge is 0.141 e. The summed E-state index contributed by atoms with van der Waals surface area (Å²) in [6.07, 6.45) is 2.64. The Bertz CT molecular complexity index is 519. The highest BCUT2D eigenvalue weighted by Gasteiger charge is 2.10. The zero-order valence-electron chi connectivity index (χ0n) is 10.7. The van der Waals surface area contributed by atoms with Gasteiger partial charge in [0.05, 0.1) is 13.1 Å². The van der Waals surface area contributed by atoms with Crippen LogP contribution < -0.4 is 5.32 Å². The number of rotatable bonds is 6. The van der Waals surface area contributed by atoms with E-state index in [0.29, 0.717) is 23.1 Å². The number of nitrogens with zero attached hydrogens (tertiary/aromatic N) is 3. The lowest BCUT2D eigenvalue weighted by atomic mass is 10.2. The van der Waals surface area contributed by atoms with Crippen molar-refractivity contribution in [3.8, 4) is 0 Å². The van der Waals surface area contributed by atoms with Crippen molar-refractivity contribution in [1.29, 1.82) is 0 Å². The van der Waals surface area contributed by atoms with Crippen LogP contribution in [0.2, 0.25) is 10.0 Å². The van der Waals surface area contributed by atoms with Gasteiger partial charge in [0.25, 0.3) is 0 Å². The summed E-state index contributed by atoms with van der Waals surface area (Å²) in [7, 11) is 0. The summed E-state index contributed by atoms with van der Waals surface area (Å²) in [5.41, 5.74) is 0.869. The van der Waals surface area contributed by atoms with E-state index in [0.717, 1.165) is 24.4 Å². The highest BCUT2D eigenvalue weighted by Crippen LogP contribution is 2.25. The van der Waals surface area contributed by atoms with Crippen LogP contribution in [0.15, 0.2) is 24.5 Å². The Morgan fingerprint density at radius 2 is 2.00 bits per heavy atom. The van der Waals surface area contributed by atoms with Gasteiger partial charge in [0.1, 0.15) is 12.2 Å². The molecular weight excluding hydrogens is 283 g/mol. The van der Waals surface area contributed by atoms with Crippen molar-refractivity contribution >= 4 is 23.2 Å². The molecule has 0 radical (unpaired) electrons. The predicted molar refractivity (Wildman–Crippen MR) is 77.6 cm³/mol. The molecular formula is C13H16Cl2N4. The van der Waals surface area contributed by atoms with Gasteiger partial charge in [-0.25, -0.2) is 9.67 Å². The van der Waals surface area contributed by atoms with E-state index in [1.54, 1.807) is 6.33 Å². The van der Waals surface area contributed by atoms with E-state index in [1.807, 2.05) is 22.9 Å². The number of aromatic nitrogens is 3. The van der Waals surface area contributed by atoms with Gasteiger partial charge in [-0.3, -0.25) is 0 Å². The number of halogens is 2. The van der Waals surface area contributed by atoms with Crippen LogP contribution in [-0.4, -0.2) is 21.3 Å². The molecule has 4 nitrogen and oxygen atoms in total. The normalized spacial score (nSPS) is 10.9. The summed E-state index contributed by atoms with van der Waals surface area (Å²) in [5, 5.41) is 8.82. The molecule has 2 rings (SSSR count). The summed E-state index contributed by atoms with van der Waals surface area (Å²) in [6, 6.07) is 5.49. The van der Waals surface area contributed by atoms with E-state index in [4.69, 9.17) is 23.2 Å². The third-order valence-electron chi connectivity index (χ3n) is 2.78. The molecule has 2 aromatic rings. The molecule has 0 spiro atoms. The molecule has 1 aromatic heterocycles. The van der Waals surface area contributed by atoms with Crippen molar-refractivity contribution in [1.82, 2.24) is 20.1 Å². The second kappa shape index (κ2) is 6.89. The Morgan fingerprint density at radius 3 is 2.68 bits per heavy atom. The summed E-state index contributed by atoms with van der Waals surface area (Å²) in [5.74, 6) is 0.879. The number of hydrogen-bond acceptors (Lipinski definition) is 3. The zero-order chi connectivity index (χ0) is 13.7. The van der Waals surface area contributed by atoms with Gasteiger partial charge in [0.2, 0.25) is 0 Å². The maximum Gasteiger partial charge on any atom is 0.141 e. The standard InChI is InChI=1S/C13H16Cl2N4/c1-2-6-16-7-13-17-9-18-19(13)8-10-11(14)4-3-5-12(10)15/h3-5,9,16H,2,6-8H2,1H3. The van der Waals surface area contributed by atoms with Gasteiger partial charge in [-0.1, -0.05) is 36.2 Å². The molecule has 0 saturated carbocycles. The first-order valence-electron chi connectivity index (χ1n) is 6.22. The lowest BCUT2D eigenvalue weighted by molar-refractivity contribution is 0.583. The average molecular weight is 299 g/mol. The molecule has 0 aliphatic heterocycles. The molecule has 0 aliphatic carbocycles. The number of benzene rings is 1. The van der Waals surface area contributed by atoms with E-state index in [-0.39, 0.29) is 0 Å². The van der Waals surface area contributed by atoms with E-state index >= 15 is 0 Å². The third kappa shape index (κ3) is 3.69. The van der Waals surface area contributed by atoms with Gasteiger partial charge in [-0.2, -0.15) is 5.10 Å². The second-order valence-corrected chi connectivity index (χ2v) is 5.03. The molecule has 102 valence electrons. The monoisotopic (exact) mass is 298 g/mol. The average Bonchev–Trinajstić information content (AvgIpc) is 2.82. The molecule has 0 saturated heterocycles. The predicted octanol–water partition coefficient (Wildman–Crippen LogP) is 3.13. The Balaban J connectivity index is 2.13. The SMILES string of the molecule is CCCNCc1ncnn1Cc1c(Cl)cccc1Cl. The van der Waals surface area contributed by atoms with Crippen LogP contribution in [0.5, 0.6) is 0 Å². The number of nitrogens with one attached hydrogen (secondary N) is 1. The Hall–Kier alpha value is -1.10. The van der Waals surface area contributed by atoms with Crippen molar-refractivity contribution in [2.45, 2.75) is 26.4 Å². The molecule has 0 atom stereocenters. The largest absolute Gasteiger partial charge is 0.310 e. The van der Waals surface area contributed by atoms with Crippen LogP contribution >= 0.6 is 23.2 Å². The Labute approximate surface area is 122 Å². The molecule has 19 heavy (non-hydrogen) atoms. The lowest BCUT2D eigenvalue weighted by Gasteiger charge is -2.09. The van der Waals surface area contributed by atoms with Crippen molar-refractivity contribution < 1.29 is 0 Å². The maximum atomic E-state index is 6.16. The Kier molecular flexibility index (Phi) is 5.19. The second-order valence-electron chi connectivity index (χ2n) is 4.21. The fraction of sp³-hybridized carbons (Fsp3) is 0.385. The van der Waals surface area contributed by atoms with Gasteiger partial charge in [0, 0.05) is 15.6 Å². The van der Waals surface area contributed by atoms with Crippen molar-refractivity contribution in [2.75, 3.05) is 6.54 Å². The fourth-order valence-electron chi connectivity index (χ4n) is 1.77. The van der Waals surface area contributed by atoms with Crippen LogP contribution in [0.1, 0.15) is 24.7 Å². The van der Waals surface area contributed by atoms with Crippen LogP contribution in [0, 0.1) is 0 Å². The minimum absolute atomic E-state index is 0.529. The van der Waals surface area contributed by atoms with E-state index in [2.05, 4.69) is 22.3 Å². The highest BCUT2D eigenvalue weighted by atomic mass is 35.5. The minimum atomic E-state index is 0.529. The summed E-state index contributed by atoms with van der Waals surface area (Å²) in [4.78, 5) is 4.25. The first-order valence-corrected chi connectivity index (χ1v) is 6.98. The van der Waals surface area contributed by atoms with Crippen LogP contribution in [0.25, 0.3) is 0 Å². The van der Waals surface area contributed by atoms with Gasteiger partial charge in [-0.15, -0.1) is 0 Å². The van der Waals surface area contributed by atoms with Crippen molar-refractivity contribution in [2.24, 2.45) is 0 Å². The molecule has 1 aromatic carbocycles. The Morgan fingerprint density at radius 1 is 1.26 bits per heavy atom. The molecule has 0 fully saturated rings. The van der Waals surface area contributed by atoms with E-state index in [9.17, 15) is 0 Å². The van der Waals surface area contributed by atoms with Crippen LogP contribution in [0.4, 0.5) is 0 Å². The van der Waals surface area contributed by atoms with Gasteiger partial charge < -0.3 is 5.32 Å². The molecule has 0 unspecified atom stereocenters. The lowest BCUT2D eigenvalue weighted by Crippen LogP contribution is -2.18. The summed E-state index contributed by atoms with van der Waals surface area (Å²) >= 11 is 12.3. The molecule has 6 heteroatoms. The van der Waals surface area contributed by atoms with Crippen molar-refractivity contribution in [3.05, 3.63) is 46.0 Å². The molecule has 1 N–H and O–H groups in total. The van der Waals surface area contributed by atoms with E-state index < -0.39 is 0 Å². The molecule has 0 bridgehead atoms. The van der Waals surface area contributed by atoms with Crippen LogP contribution in [-0.2, 0) is 13.1 Å². The number of hydrogen-bond donors (Lipinski definition) is 1. The quantitative estimate of drug-likeness (QED) is 0.833. The third-order valence-corrected chi connectivity index (χ3v) is 3.48. The minimum Gasteiger partial charge on any atom is -0.310 e. The first kappa shape index (κ1) is 14.3. The zero-order valence-corrected chi connectivity index (χ0v) is 12.2. The first-order chi connectivity index (χ1) is 9.22. The summed E-state index contributed by atoms with van der Waals surface area (Å²) < 4.78 is 1.82. The van der Waals surface area contributed by atoms with Gasteiger partial charge >= 0.3 is 0 Å². The van der Waals surface area contributed by atoms with Gasteiger partial charge in [0.15, 0.2) is 0 Å². The highest BCUT2D eigenvalue weighted by molar-refractivity contribution is 6.35.